The van der Waals surface area contributed by atoms with Crippen LogP contribution in [0.2, 0.25) is 0 Å². The van der Waals surface area contributed by atoms with Crippen LogP contribution in [0.3, 0.4) is 0 Å². The topological polar surface area (TPSA) is 134 Å². The van der Waals surface area contributed by atoms with Gasteiger partial charge in [0.05, 0.1) is 17.5 Å². The van der Waals surface area contributed by atoms with Crippen molar-refractivity contribution in [3.05, 3.63) is 76.4 Å². The Morgan fingerprint density at radius 1 is 1.21 bits per heavy atom. The number of anilines is 1. The maximum atomic E-state index is 13.6. The predicted octanol–water partition coefficient (Wildman–Crippen LogP) is 3.22. The maximum Gasteiger partial charge on any atom is 0.341 e. The lowest BCUT2D eigenvalue weighted by Crippen LogP contribution is -2.21. The molecule has 3 aromatic rings. The summed E-state index contributed by atoms with van der Waals surface area (Å²) in [6.45, 7) is 1.09. The first-order valence-corrected chi connectivity index (χ1v) is 11.7. The van der Waals surface area contributed by atoms with Crippen molar-refractivity contribution in [3.63, 3.8) is 0 Å². The zero-order valence-electron chi connectivity index (χ0n) is 17.1. The number of hydrogen-bond acceptors (Lipinski definition) is 7. The fourth-order valence-corrected chi connectivity index (χ4v) is 4.73. The van der Waals surface area contributed by atoms with Crippen molar-refractivity contribution in [3.8, 4) is 5.75 Å². The van der Waals surface area contributed by atoms with Crippen molar-refractivity contribution in [2.45, 2.75) is 11.1 Å². The summed E-state index contributed by atoms with van der Waals surface area (Å²) in [6.07, 6.45) is 1.09. The van der Waals surface area contributed by atoms with Crippen molar-refractivity contribution in [1.29, 1.82) is 0 Å². The third-order valence-electron chi connectivity index (χ3n) is 4.12. The normalized spacial score (nSPS) is 11.3. The molecule has 0 aliphatic rings. The van der Waals surface area contributed by atoms with Gasteiger partial charge in [0.1, 0.15) is 15.8 Å². The Hall–Kier alpha value is -3.77. The molecule has 0 aliphatic heterocycles. The number of aliphatic carboxylic acids is 1. The smallest absolute Gasteiger partial charge is 0.341 e. The molecule has 1 aromatic heterocycles. The lowest BCUT2D eigenvalue weighted by Gasteiger charge is -2.12. The maximum absolute atomic E-state index is 13.6. The molecule has 3 N–H and O–H groups in total. The number of hydrazone groups is 1. The zero-order valence-corrected chi connectivity index (χ0v) is 18.7. The second-order valence-corrected chi connectivity index (χ2v) is 9.51. The number of carboxylic acid groups (broad SMARTS) is 1. The van der Waals surface area contributed by atoms with Crippen LogP contribution in [-0.2, 0) is 14.8 Å². The van der Waals surface area contributed by atoms with Gasteiger partial charge in [0.2, 0.25) is 0 Å². The minimum Gasteiger partial charge on any atom is -0.481 e. The SMILES string of the molecule is Cc1ccc(NS(=O)(=O)c2cccs2)c(C(=O)N/N=C\c2cc(F)ccc2OCC(=O)O)c1. The highest BCUT2D eigenvalue weighted by Crippen LogP contribution is 2.24. The Balaban J connectivity index is 1.80. The number of amides is 1. The van der Waals surface area contributed by atoms with Crippen molar-refractivity contribution in [2.24, 2.45) is 5.10 Å². The molecular weight excluding hydrogens is 473 g/mol. The summed E-state index contributed by atoms with van der Waals surface area (Å²) in [4.78, 5) is 23.4. The highest BCUT2D eigenvalue weighted by molar-refractivity contribution is 7.94. The van der Waals surface area contributed by atoms with E-state index in [1.807, 2.05) is 0 Å². The van der Waals surface area contributed by atoms with Crippen LogP contribution in [0.15, 0.2) is 63.2 Å². The van der Waals surface area contributed by atoms with E-state index in [2.05, 4.69) is 15.2 Å². The molecule has 3 rings (SSSR count). The molecule has 0 bridgehead atoms. The summed E-state index contributed by atoms with van der Waals surface area (Å²) >= 11 is 1.03. The van der Waals surface area contributed by atoms with E-state index in [-0.39, 0.29) is 26.8 Å². The van der Waals surface area contributed by atoms with Crippen molar-refractivity contribution >= 4 is 45.1 Å². The fourth-order valence-electron chi connectivity index (χ4n) is 2.66. The van der Waals surface area contributed by atoms with Gasteiger partial charge in [0, 0.05) is 5.56 Å². The van der Waals surface area contributed by atoms with E-state index in [1.54, 1.807) is 24.4 Å². The van der Waals surface area contributed by atoms with E-state index in [1.165, 1.54) is 24.3 Å². The lowest BCUT2D eigenvalue weighted by atomic mass is 10.1. The first-order chi connectivity index (χ1) is 15.7. The highest BCUT2D eigenvalue weighted by Gasteiger charge is 2.19. The van der Waals surface area contributed by atoms with Gasteiger partial charge in [-0.3, -0.25) is 9.52 Å². The number of sulfonamides is 1. The van der Waals surface area contributed by atoms with E-state index in [9.17, 15) is 22.4 Å². The number of benzene rings is 2. The number of rotatable bonds is 9. The second kappa shape index (κ2) is 10.2. The molecule has 1 amide bonds. The number of carboxylic acids is 1. The quantitative estimate of drug-likeness (QED) is 0.311. The molecule has 0 aliphatic carbocycles. The number of carbonyl (C=O) groups excluding carboxylic acids is 1. The lowest BCUT2D eigenvalue weighted by molar-refractivity contribution is -0.139. The summed E-state index contributed by atoms with van der Waals surface area (Å²) in [5.74, 6) is -2.50. The van der Waals surface area contributed by atoms with Crippen LogP contribution in [0, 0.1) is 12.7 Å². The second-order valence-electron chi connectivity index (χ2n) is 6.65. The molecule has 0 spiro atoms. The van der Waals surface area contributed by atoms with Crippen molar-refractivity contribution in [1.82, 2.24) is 5.43 Å². The fraction of sp³-hybridized carbons (Fsp3) is 0.0952. The van der Waals surface area contributed by atoms with E-state index in [0.717, 1.165) is 29.7 Å². The van der Waals surface area contributed by atoms with Crippen LogP contribution in [-0.4, -0.2) is 38.2 Å². The first-order valence-electron chi connectivity index (χ1n) is 9.30. The molecule has 33 heavy (non-hydrogen) atoms. The van der Waals surface area contributed by atoms with E-state index in [0.29, 0.717) is 5.56 Å². The first kappa shape index (κ1) is 23.9. The number of aryl methyl sites for hydroxylation is 1. The average molecular weight is 492 g/mol. The molecule has 12 heteroatoms. The van der Waals surface area contributed by atoms with E-state index < -0.39 is 34.3 Å². The molecule has 0 unspecified atom stereocenters. The van der Waals surface area contributed by atoms with Gasteiger partial charge in [0.25, 0.3) is 15.9 Å². The van der Waals surface area contributed by atoms with Crippen LogP contribution in [0.4, 0.5) is 10.1 Å². The monoisotopic (exact) mass is 491 g/mol. The van der Waals surface area contributed by atoms with E-state index in [4.69, 9.17) is 9.84 Å². The number of halogens is 1. The minimum absolute atomic E-state index is 0.0221. The number of nitrogens with one attached hydrogen (secondary N) is 2. The van der Waals surface area contributed by atoms with Crippen molar-refractivity contribution in [2.75, 3.05) is 11.3 Å². The molecule has 172 valence electrons. The Kier molecular flexibility index (Phi) is 7.41. The van der Waals surface area contributed by atoms with Crippen LogP contribution in [0.5, 0.6) is 5.75 Å². The highest BCUT2D eigenvalue weighted by atomic mass is 32.2. The standard InChI is InChI=1S/C21H18FN3O6S2/c1-13-4-6-17(25-33(29,30)20-3-2-8-32-20)16(9-13)21(28)24-23-11-14-10-15(22)5-7-18(14)31-12-19(26)27/h2-11,25H,12H2,1H3,(H,24,28)(H,26,27)/b23-11-. The molecule has 2 aromatic carbocycles. The number of carbonyl (C=O) groups is 2. The third kappa shape index (κ3) is 6.37. The Bertz CT molecular complexity index is 1310. The largest absolute Gasteiger partial charge is 0.481 e. The summed E-state index contributed by atoms with van der Waals surface area (Å²) in [5, 5.41) is 14.1. The molecule has 0 saturated carbocycles. The molecule has 9 nitrogen and oxygen atoms in total. The van der Waals surface area contributed by atoms with Gasteiger partial charge < -0.3 is 9.84 Å². The van der Waals surface area contributed by atoms with Gasteiger partial charge in [-0.05, 0) is 48.7 Å². The Labute approximate surface area is 192 Å². The summed E-state index contributed by atoms with van der Waals surface area (Å²) in [5.41, 5.74) is 3.13. The van der Waals surface area contributed by atoms with Crippen molar-refractivity contribution < 1.29 is 32.2 Å². The van der Waals surface area contributed by atoms with Gasteiger partial charge in [-0.25, -0.2) is 23.0 Å². The molecule has 0 radical (unpaired) electrons. The molecule has 1 heterocycles. The minimum atomic E-state index is -3.88. The Morgan fingerprint density at radius 2 is 2.00 bits per heavy atom. The van der Waals surface area contributed by atoms with Crippen LogP contribution < -0.4 is 14.9 Å². The molecule has 0 atom stereocenters. The van der Waals surface area contributed by atoms with Gasteiger partial charge in [0.15, 0.2) is 6.61 Å². The zero-order chi connectivity index (χ0) is 24.0. The Morgan fingerprint density at radius 3 is 2.70 bits per heavy atom. The van der Waals surface area contributed by atoms with Crippen LogP contribution in [0.1, 0.15) is 21.5 Å². The van der Waals surface area contributed by atoms with E-state index >= 15 is 0 Å². The summed E-state index contributed by atoms with van der Waals surface area (Å²) in [7, 11) is -3.88. The van der Waals surface area contributed by atoms with Crippen LogP contribution >= 0.6 is 11.3 Å². The third-order valence-corrected chi connectivity index (χ3v) is 6.88. The van der Waals surface area contributed by atoms with Gasteiger partial charge >= 0.3 is 5.97 Å². The van der Waals surface area contributed by atoms with Gasteiger partial charge in [-0.2, -0.15) is 5.10 Å². The molecule has 0 saturated heterocycles. The number of thiophene rings is 1. The predicted molar refractivity (Wildman–Crippen MR) is 121 cm³/mol. The number of ether oxygens (including phenoxy) is 1. The summed E-state index contributed by atoms with van der Waals surface area (Å²) in [6, 6.07) is 11.0. The molecular formula is C21H18FN3O6S2. The van der Waals surface area contributed by atoms with Crippen LogP contribution in [0.25, 0.3) is 0 Å². The summed E-state index contributed by atoms with van der Waals surface area (Å²) < 4.78 is 46.2. The average Bonchev–Trinajstić information content (AvgIpc) is 3.30. The molecule has 0 fully saturated rings. The van der Waals surface area contributed by atoms with Gasteiger partial charge in [-0.15, -0.1) is 11.3 Å². The number of hydrogen-bond donors (Lipinski definition) is 3. The van der Waals surface area contributed by atoms with Gasteiger partial charge in [-0.1, -0.05) is 17.7 Å². The number of nitrogens with zero attached hydrogens (tertiary/aromatic N) is 1.